The molecule has 21 heavy (non-hydrogen) atoms. The SMILES string of the molecule is S=C(NCc1ccco1)N1CC[NH+](Cc2ccsc2)CC1. The molecule has 0 saturated carbocycles. The minimum absolute atomic E-state index is 0.661. The highest BCUT2D eigenvalue weighted by Crippen LogP contribution is 2.04. The van der Waals surface area contributed by atoms with E-state index in [1.165, 1.54) is 5.56 Å². The van der Waals surface area contributed by atoms with Crippen molar-refractivity contribution in [3.63, 3.8) is 0 Å². The highest BCUT2D eigenvalue weighted by Gasteiger charge is 2.21. The smallest absolute Gasteiger partial charge is 0.169 e. The summed E-state index contributed by atoms with van der Waals surface area (Å²) in [6.07, 6.45) is 1.69. The number of thiocarbonyl (C=S) groups is 1. The van der Waals surface area contributed by atoms with Crippen LogP contribution in [0.5, 0.6) is 0 Å². The predicted octanol–water partition coefficient (Wildman–Crippen LogP) is 1.12. The van der Waals surface area contributed by atoms with Gasteiger partial charge in [-0.3, -0.25) is 0 Å². The van der Waals surface area contributed by atoms with Crippen LogP contribution in [0.3, 0.4) is 0 Å². The second-order valence-electron chi connectivity index (χ2n) is 5.28. The average molecular weight is 322 g/mol. The molecular weight excluding hydrogens is 302 g/mol. The topological polar surface area (TPSA) is 32.9 Å². The Bertz CT molecular complexity index is 546. The quantitative estimate of drug-likeness (QED) is 0.827. The summed E-state index contributed by atoms with van der Waals surface area (Å²) in [4.78, 5) is 3.90. The van der Waals surface area contributed by atoms with Crippen molar-refractivity contribution in [3.05, 3.63) is 46.5 Å². The average Bonchev–Trinajstić information content (AvgIpc) is 3.19. The highest BCUT2D eigenvalue weighted by molar-refractivity contribution is 7.80. The molecule has 1 fully saturated rings. The maximum Gasteiger partial charge on any atom is 0.169 e. The van der Waals surface area contributed by atoms with Crippen molar-refractivity contribution >= 4 is 28.7 Å². The van der Waals surface area contributed by atoms with Crippen molar-refractivity contribution in [1.82, 2.24) is 10.2 Å². The molecule has 1 saturated heterocycles. The Morgan fingerprint density at radius 1 is 1.38 bits per heavy atom. The molecule has 2 aromatic heterocycles. The van der Waals surface area contributed by atoms with Gasteiger partial charge in [0, 0.05) is 5.56 Å². The first-order valence-electron chi connectivity index (χ1n) is 7.21. The first kappa shape index (κ1) is 14.6. The zero-order chi connectivity index (χ0) is 14.5. The van der Waals surface area contributed by atoms with Gasteiger partial charge in [-0.05, 0) is 41.2 Å². The van der Waals surface area contributed by atoms with Gasteiger partial charge in [-0.1, -0.05) is 0 Å². The van der Waals surface area contributed by atoms with E-state index in [9.17, 15) is 0 Å². The second kappa shape index (κ2) is 7.06. The summed E-state index contributed by atoms with van der Waals surface area (Å²) in [5.41, 5.74) is 1.45. The van der Waals surface area contributed by atoms with E-state index in [1.807, 2.05) is 12.1 Å². The van der Waals surface area contributed by atoms with E-state index in [1.54, 1.807) is 22.5 Å². The number of nitrogens with zero attached hydrogens (tertiary/aromatic N) is 1. The van der Waals surface area contributed by atoms with Crippen LogP contribution in [0.25, 0.3) is 0 Å². The fraction of sp³-hybridized carbons (Fsp3) is 0.400. The number of nitrogens with one attached hydrogen (secondary N) is 2. The maximum absolute atomic E-state index is 5.47. The maximum atomic E-state index is 5.47. The Morgan fingerprint density at radius 3 is 2.90 bits per heavy atom. The van der Waals surface area contributed by atoms with Crippen molar-refractivity contribution in [3.8, 4) is 0 Å². The Hall–Kier alpha value is -1.37. The molecule has 3 rings (SSSR count). The summed E-state index contributed by atoms with van der Waals surface area (Å²) >= 11 is 7.24. The summed E-state index contributed by atoms with van der Waals surface area (Å²) in [5, 5.41) is 8.50. The minimum atomic E-state index is 0.661. The van der Waals surface area contributed by atoms with Gasteiger partial charge in [0.1, 0.15) is 12.3 Å². The Morgan fingerprint density at radius 2 is 2.24 bits per heavy atom. The first-order valence-corrected chi connectivity index (χ1v) is 8.56. The molecule has 6 heteroatoms. The largest absolute Gasteiger partial charge is 0.467 e. The van der Waals surface area contributed by atoms with Crippen molar-refractivity contribution in [2.75, 3.05) is 26.2 Å². The van der Waals surface area contributed by atoms with Crippen LogP contribution in [0, 0.1) is 0 Å². The Balaban J connectivity index is 1.41. The molecule has 0 spiro atoms. The van der Waals surface area contributed by atoms with Gasteiger partial charge >= 0.3 is 0 Å². The third kappa shape index (κ3) is 4.06. The molecule has 0 amide bonds. The van der Waals surface area contributed by atoms with E-state index < -0.39 is 0 Å². The molecule has 2 N–H and O–H groups in total. The molecule has 4 nitrogen and oxygen atoms in total. The van der Waals surface area contributed by atoms with Crippen LogP contribution in [-0.2, 0) is 13.1 Å². The van der Waals surface area contributed by atoms with Gasteiger partial charge in [0.05, 0.1) is 39.0 Å². The normalized spacial score (nSPS) is 16.1. The molecule has 0 radical (unpaired) electrons. The molecule has 0 aliphatic carbocycles. The number of hydrogen-bond donors (Lipinski definition) is 2. The van der Waals surface area contributed by atoms with Crippen LogP contribution in [0.1, 0.15) is 11.3 Å². The van der Waals surface area contributed by atoms with Crippen molar-refractivity contribution in [2.24, 2.45) is 0 Å². The number of hydrogen-bond acceptors (Lipinski definition) is 3. The third-order valence-electron chi connectivity index (χ3n) is 3.79. The molecule has 0 bridgehead atoms. The van der Waals surface area contributed by atoms with Crippen LogP contribution in [-0.4, -0.2) is 36.2 Å². The summed E-state index contributed by atoms with van der Waals surface area (Å²) in [6, 6.07) is 6.07. The number of rotatable bonds is 4. The van der Waals surface area contributed by atoms with Crippen LogP contribution in [0.15, 0.2) is 39.6 Å². The highest BCUT2D eigenvalue weighted by atomic mass is 32.1. The van der Waals surface area contributed by atoms with Gasteiger partial charge < -0.3 is 19.5 Å². The van der Waals surface area contributed by atoms with E-state index >= 15 is 0 Å². The molecule has 0 aromatic carbocycles. The minimum Gasteiger partial charge on any atom is -0.467 e. The standard InChI is InChI=1S/C15H19N3OS2/c20-15(16-10-14-2-1-8-19-14)18-6-4-17(5-7-18)11-13-3-9-21-12-13/h1-3,8-9,12H,4-7,10-11H2,(H,16,20)/p+1. The van der Waals surface area contributed by atoms with E-state index in [-0.39, 0.29) is 0 Å². The van der Waals surface area contributed by atoms with Crippen molar-refractivity contribution < 1.29 is 9.32 Å². The van der Waals surface area contributed by atoms with Gasteiger partial charge in [0.15, 0.2) is 5.11 Å². The van der Waals surface area contributed by atoms with Crippen LogP contribution < -0.4 is 10.2 Å². The monoisotopic (exact) mass is 322 g/mol. The predicted molar refractivity (Wildman–Crippen MR) is 88.4 cm³/mol. The van der Waals surface area contributed by atoms with Gasteiger partial charge in [-0.15, -0.1) is 0 Å². The summed E-state index contributed by atoms with van der Waals surface area (Å²) in [7, 11) is 0. The summed E-state index contributed by atoms with van der Waals surface area (Å²) in [5.74, 6) is 0.916. The van der Waals surface area contributed by atoms with Crippen LogP contribution in [0.2, 0.25) is 0 Å². The van der Waals surface area contributed by atoms with Crippen molar-refractivity contribution in [2.45, 2.75) is 13.1 Å². The lowest BCUT2D eigenvalue weighted by molar-refractivity contribution is -0.917. The molecule has 1 aliphatic heterocycles. The molecule has 112 valence electrons. The van der Waals surface area contributed by atoms with Gasteiger partial charge in [0.2, 0.25) is 0 Å². The lowest BCUT2D eigenvalue weighted by Gasteiger charge is -2.33. The van der Waals surface area contributed by atoms with Gasteiger partial charge in [0.25, 0.3) is 0 Å². The fourth-order valence-electron chi connectivity index (χ4n) is 2.57. The van der Waals surface area contributed by atoms with E-state index in [4.69, 9.17) is 16.6 Å². The van der Waals surface area contributed by atoms with Gasteiger partial charge in [-0.2, -0.15) is 11.3 Å². The third-order valence-corrected chi connectivity index (χ3v) is 4.92. The molecule has 3 heterocycles. The molecule has 2 aromatic rings. The van der Waals surface area contributed by atoms with E-state index in [2.05, 4.69) is 27.0 Å². The fourth-order valence-corrected chi connectivity index (χ4v) is 3.50. The number of quaternary nitrogens is 1. The summed E-state index contributed by atoms with van der Waals surface area (Å²) in [6.45, 7) is 6.10. The summed E-state index contributed by atoms with van der Waals surface area (Å²) < 4.78 is 5.30. The zero-order valence-electron chi connectivity index (χ0n) is 11.9. The lowest BCUT2D eigenvalue weighted by atomic mass is 10.2. The van der Waals surface area contributed by atoms with Crippen LogP contribution in [0.4, 0.5) is 0 Å². The van der Waals surface area contributed by atoms with E-state index in [0.29, 0.717) is 6.54 Å². The number of piperazine rings is 1. The molecule has 1 aliphatic rings. The Labute approximate surface area is 134 Å². The van der Waals surface area contributed by atoms with Gasteiger partial charge in [-0.25, -0.2) is 0 Å². The zero-order valence-corrected chi connectivity index (χ0v) is 13.5. The second-order valence-corrected chi connectivity index (χ2v) is 6.45. The molecule has 0 atom stereocenters. The molecular formula is C15H20N3OS2+. The molecule has 0 unspecified atom stereocenters. The number of furan rings is 1. The lowest BCUT2D eigenvalue weighted by Crippen LogP contribution is -3.13. The Kier molecular flexibility index (Phi) is 4.90. The first-order chi connectivity index (χ1) is 10.3. The number of thiophene rings is 1. The van der Waals surface area contributed by atoms with Crippen LogP contribution >= 0.6 is 23.6 Å². The van der Waals surface area contributed by atoms with E-state index in [0.717, 1.165) is 43.6 Å². The van der Waals surface area contributed by atoms with Crippen molar-refractivity contribution in [1.29, 1.82) is 0 Å².